The highest BCUT2D eigenvalue weighted by molar-refractivity contribution is 5.84. The van der Waals surface area contributed by atoms with E-state index in [1.54, 1.807) is 12.3 Å². The number of aliphatic hydroxyl groups is 2. The summed E-state index contributed by atoms with van der Waals surface area (Å²) in [5.41, 5.74) is 0.759. The molecule has 0 saturated carbocycles. The molecular formula is C12H13NO3. The second-order valence-electron chi connectivity index (χ2n) is 3.48. The highest BCUT2D eigenvalue weighted by Gasteiger charge is 2.06. The van der Waals surface area contributed by atoms with Crippen LogP contribution in [0.2, 0.25) is 0 Å². The van der Waals surface area contributed by atoms with Gasteiger partial charge in [-0.05, 0) is 12.1 Å². The van der Waals surface area contributed by atoms with E-state index < -0.39 is 6.10 Å². The molecule has 1 aromatic heterocycles. The molecule has 0 radical (unpaired) electrons. The van der Waals surface area contributed by atoms with Gasteiger partial charge in [0.05, 0.1) is 6.61 Å². The molecule has 0 bridgehead atoms. The van der Waals surface area contributed by atoms with Crippen molar-refractivity contribution >= 4 is 10.9 Å². The Labute approximate surface area is 93.1 Å². The summed E-state index contributed by atoms with van der Waals surface area (Å²) in [5.74, 6) is 0.616. The van der Waals surface area contributed by atoms with Crippen molar-refractivity contribution in [3.63, 3.8) is 0 Å². The van der Waals surface area contributed by atoms with Crippen LogP contribution in [0.15, 0.2) is 36.5 Å². The molecule has 0 aliphatic heterocycles. The standard InChI is InChI=1S/C12H13NO3/c14-7-10(15)8-16-11-5-1-3-9-4-2-6-13-12(9)11/h1-6,10,14-15H,7-8H2/t10-/m0/s1. The number of nitrogens with zero attached hydrogens (tertiary/aromatic N) is 1. The quantitative estimate of drug-likeness (QED) is 0.804. The highest BCUT2D eigenvalue weighted by atomic mass is 16.5. The van der Waals surface area contributed by atoms with Crippen LogP contribution in [0, 0.1) is 0 Å². The summed E-state index contributed by atoms with van der Waals surface area (Å²) >= 11 is 0. The van der Waals surface area contributed by atoms with Crippen LogP contribution in [0.3, 0.4) is 0 Å². The van der Waals surface area contributed by atoms with Crippen molar-refractivity contribution in [3.8, 4) is 5.75 Å². The van der Waals surface area contributed by atoms with Gasteiger partial charge >= 0.3 is 0 Å². The van der Waals surface area contributed by atoms with Crippen molar-refractivity contribution in [3.05, 3.63) is 36.5 Å². The molecule has 1 atom stereocenters. The minimum Gasteiger partial charge on any atom is -0.489 e. The number of aliphatic hydroxyl groups excluding tert-OH is 2. The number of aromatic nitrogens is 1. The Kier molecular flexibility index (Phi) is 3.34. The molecule has 0 amide bonds. The maximum absolute atomic E-state index is 9.20. The molecule has 2 rings (SSSR count). The van der Waals surface area contributed by atoms with Gasteiger partial charge in [-0.2, -0.15) is 0 Å². The monoisotopic (exact) mass is 219 g/mol. The zero-order valence-electron chi connectivity index (χ0n) is 8.71. The van der Waals surface area contributed by atoms with E-state index in [2.05, 4.69) is 4.98 Å². The third kappa shape index (κ3) is 2.29. The molecule has 4 heteroatoms. The molecule has 4 nitrogen and oxygen atoms in total. The van der Waals surface area contributed by atoms with Gasteiger partial charge in [-0.3, -0.25) is 4.98 Å². The average Bonchev–Trinajstić information content (AvgIpc) is 2.35. The molecule has 0 aliphatic carbocycles. The van der Waals surface area contributed by atoms with Gasteiger partial charge in [0.2, 0.25) is 0 Å². The zero-order chi connectivity index (χ0) is 11.4. The first-order chi connectivity index (χ1) is 7.81. The van der Waals surface area contributed by atoms with E-state index in [0.29, 0.717) is 5.75 Å². The first kappa shape index (κ1) is 10.9. The van der Waals surface area contributed by atoms with Gasteiger partial charge in [0.15, 0.2) is 0 Å². The lowest BCUT2D eigenvalue weighted by Crippen LogP contribution is -2.21. The molecule has 2 N–H and O–H groups in total. The molecule has 2 aromatic rings. The number of para-hydroxylation sites is 1. The fourth-order valence-electron chi connectivity index (χ4n) is 1.43. The second kappa shape index (κ2) is 4.92. The topological polar surface area (TPSA) is 62.6 Å². The van der Waals surface area contributed by atoms with Crippen LogP contribution in [0.25, 0.3) is 10.9 Å². The van der Waals surface area contributed by atoms with Crippen molar-refractivity contribution in [2.75, 3.05) is 13.2 Å². The number of ether oxygens (including phenoxy) is 1. The van der Waals surface area contributed by atoms with Gasteiger partial charge < -0.3 is 14.9 Å². The van der Waals surface area contributed by atoms with E-state index in [0.717, 1.165) is 10.9 Å². The van der Waals surface area contributed by atoms with Gasteiger partial charge in [0, 0.05) is 11.6 Å². The molecule has 84 valence electrons. The molecule has 0 saturated heterocycles. The highest BCUT2D eigenvalue weighted by Crippen LogP contribution is 2.22. The fraction of sp³-hybridized carbons (Fsp3) is 0.250. The number of hydrogen-bond acceptors (Lipinski definition) is 4. The van der Waals surface area contributed by atoms with E-state index in [4.69, 9.17) is 9.84 Å². The molecule has 0 fully saturated rings. The van der Waals surface area contributed by atoms with E-state index in [1.807, 2.05) is 24.3 Å². The largest absolute Gasteiger partial charge is 0.489 e. The third-order valence-corrected chi connectivity index (χ3v) is 2.24. The Morgan fingerprint density at radius 1 is 1.25 bits per heavy atom. The van der Waals surface area contributed by atoms with Crippen molar-refractivity contribution in [2.45, 2.75) is 6.10 Å². The number of hydrogen-bond donors (Lipinski definition) is 2. The minimum absolute atomic E-state index is 0.0617. The van der Waals surface area contributed by atoms with Crippen molar-refractivity contribution in [1.29, 1.82) is 0 Å². The van der Waals surface area contributed by atoms with Crippen molar-refractivity contribution in [1.82, 2.24) is 4.98 Å². The fourth-order valence-corrected chi connectivity index (χ4v) is 1.43. The Balaban J connectivity index is 2.23. The molecule has 0 spiro atoms. The van der Waals surface area contributed by atoms with Crippen LogP contribution >= 0.6 is 0 Å². The predicted octanol–water partition coefficient (Wildman–Crippen LogP) is 0.967. The molecule has 0 aliphatic rings. The number of rotatable bonds is 4. The molecule has 1 heterocycles. The molecular weight excluding hydrogens is 206 g/mol. The Hall–Kier alpha value is -1.65. The molecule has 0 unspecified atom stereocenters. The first-order valence-electron chi connectivity index (χ1n) is 5.06. The summed E-state index contributed by atoms with van der Waals surface area (Å²) in [4.78, 5) is 4.22. The lowest BCUT2D eigenvalue weighted by molar-refractivity contribution is 0.0540. The van der Waals surface area contributed by atoms with Crippen LogP contribution < -0.4 is 4.74 Å². The molecule has 16 heavy (non-hydrogen) atoms. The Bertz CT molecular complexity index is 467. The predicted molar refractivity (Wildman–Crippen MR) is 60.3 cm³/mol. The maximum Gasteiger partial charge on any atom is 0.145 e. The average molecular weight is 219 g/mol. The first-order valence-corrected chi connectivity index (χ1v) is 5.06. The van der Waals surface area contributed by atoms with Crippen molar-refractivity contribution < 1.29 is 14.9 Å². The van der Waals surface area contributed by atoms with E-state index in [9.17, 15) is 5.11 Å². The van der Waals surface area contributed by atoms with Crippen LogP contribution in [-0.2, 0) is 0 Å². The summed E-state index contributed by atoms with van der Waals surface area (Å²) in [6.07, 6.45) is 0.830. The van der Waals surface area contributed by atoms with E-state index >= 15 is 0 Å². The smallest absolute Gasteiger partial charge is 0.145 e. The van der Waals surface area contributed by atoms with Crippen LogP contribution in [0.4, 0.5) is 0 Å². The summed E-state index contributed by atoms with van der Waals surface area (Å²) < 4.78 is 5.40. The minimum atomic E-state index is -0.862. The maximum atomic E-state index is 9.20. The Morgan fingerprint density at radius 2 is 2.06 bits per heavy atom. The van der Waals surface area contributed by atoms with Crippen LogP contribution in [0.5, 0.6) is 5.75 Å². The normalized spacial score (nSPS) is 12.6. The van der Waals surface area contributed by atoms with Gasteiger partial charge in [-0.1, -0.05) is 18.2 Å². The molecule has 1 aromatic carbocycles. The second-order valence-corrected chi connectivity index (χ2v) is 3.48. The van der Waals surface area contributed by atoms with Gasteiger partial charge in [0.25, 0.3) is 0 Å². The SMILES string of the molecule is OC[C@H](O)COc1cccc2cccnc12. The summed E-state index contributed by atoms with van der Waals surface area (Å²) in [7, 11) is 0. The van der Waals surface area contributed by atoms with E-state index in [1.165, 1.54) is 0 Å². The lowest BCUT2D eigenvalue weighted by atomic mass is 10.2. The van der Waals surface area contributed by atoms with Crippen LogP contribution in [0.1, 0.15) is 0 Å². The van der Waals surface area contributed by atoms with Crippen LogP contribution in [-0.4, -0.2) is 34.5 Å². The van der Waals surface area contributed by atoms with Crippen molar-refractivity contribution in [2.24, 2.45) is 0 Å². The van der Waals surface area contributed by atoms with Gasteiger partial charge in [-0.25, -0.2) is 0 Å². The summed E-state index contributed by atoms with van der Waals surface area (Å²) in [5, 5.41) is 18.9. The van der Waals surface area contributed by atoms with Gasteiger partial charge in [-0.15, -0.1) is 0 Å². The Morgan fingerprint density at radius 3 is 2.88 bits per heavy atom. The number of fused-ring (bicyclic) bond motifs is 1. The zero-order valence-corrected chi connectivity index (χ0v) is 8.71. The third-order valence-electron chi connectivity index (χ3n) is 2.24. The summed E-state index contributed by atoms with van der Waals surface area (Å²) in [6.45, 7) is -0.246. The lowest BCUT2D eigenvalue weighted by Gasteiger charge is -2.11. The van der Waals surface area contributed by atoms with E-state index in [-0.39, 0.29) is 13.2 Å². The van der Waals surface area contributed by atoms with Gasteiger partial charge in [0.1, 0.15) is 24.0 Å². The number of pyridine rings is 1. The number of benzene rings is 1. The summed E-state index contributed by atoms with van der Waals surface area (Å²) in [6, 6.07) is 9.40.